The van der Waals surface area contributed by atoms with Gasteiger partial charge >= 0.3 is 0 Å². The average Bonchev–Trinajstić information content (AvgIpc) is 2.35. The predicted octanol–water partition coefficient (Wildman–Crippen LogP) is 0.875. The Hall–Kier alpha value is -2.11. The third kappa shape index (κ3) is 4.04. The Bertz CT molecular complexity index is 445. The lowest BCUT2D eigenvalue weighted by Gasteiger charge is -2.20. The van der Waals surface area contributed by atoms with E-state index >= 15 is 0 Å². The molecule has 0 saturated heterocycles. The van der Waals surface area contributed by atoms with Crippen molar-refractivity contribution in [2.75, 3.05) is 6.54 Å². The van der Waals surface area contributed by atoms with Gasteiger partial charge < -0.3 is 15.8 Å². The van der Waals surface area contributed by atoms with E-state index in [2.05, 4.69) is 10.1 Å². The molecule has 0 atom stereocenters. The third-order valence-corrected chi connectivity index (χ3v) is 2.49. The van der Waals surface area contributed by atoms with Gasteiger partial charge in [0.25, 0.3) is 0 Å². The molecule has 0 aliphatic rings. The van der Waals surface area contributed by atoms with Gasteiger partial charge in [-0.2, -0.15) is 0 Å². The van der Waals surface area contributed by atoms with Gasteiger partial charge in [0.1, 0.15) is 5.84 Å². The molecule has 0 aliphatic carbocycles. The molecule has 18 heavy (non-hydrogen) atoms. The van der Waals surface area contributed by atoms with Crippen molar-refractivity contribution in [1.82, 2.24) is 9.88 Å². The first-order valence-electron chi connectivity index (χ1n) is 5.73. The van der Waals surface area contributed by atoms with Crippen LogP contribution >= 0.6 is 0 Å². The number of amides is 1. The number of rotatable bonds is 5. The summed E-state index contributed by atoms with van der Waals surface area (Å²) >= 11 is 0. The lowest BCUT2D eigenvalue weighted by atomic mass is 10.2. The van der Waals surface area contributed by atoms with Gasteiger partial charge in [-0.05, 0) is 26.0 Å². The maximum absolute atomic E-state index is 11.9. The fourth-order valence-corrected chi connectivity index (χ4v) is 1.56. The Labute approximate surface area is 106 Å². The Balaban J connectivity index is 2.70. The predicted molar refractivity (Wildman–Crippen MR) is 68.1 cm³/mol. The van der Waals surface area contributed by atoms with Crippen molar-refractivity contribution in [1.29, 1.82) is 0 Å². The molecule has 0 aromatic carbocycles. The van der Waals surface area contributed by atoms with E-state index in [0.717, 1.165) is 11.4 Å². The zero-order valence-corrected chi connectivity index (χ0v) is 10.6. The van der Waals surface area contributed by atoms with Crippen molar-refractivity contribution in [3.63, 3.8) is 0 Å². The number of pyridine rings is 1. The number of oxime groups is 1. The molecule has 1 amide bonds. The van der Waals surface area contributed by atoms with E-state index in [1.807, 2.05) is 32.0 Å². The molecule has 1 rings (SSSR count). The number of aryl methyl sites for hydroxylation is 1. The van der Waals surface area contributed by atoms with Crippen LogP contribution in [-0.2, 0) is 11.3 Å². The molecule has 0 spiro atoms. The Morgan fingerprint density at radius 1 is 1.56 bits per heavy atom. The van der Waals surface area contributed by atoms with Crippen LogP contribution in [0.25, 0.3) is 0 Å². The van der Waals surface area contributed by atoms with Gasteiger partial charge in [0.15, 0.2) is 0 Å². The van der Waals surface area contributed by atoms with E-state index in [4.69, 9.17) is 10.9 Å². The van der Waals surface area contributed by atoms with Gasteiger partial charge in [0, 0.05) is 12.2 Å². The number of aromatic nitrogens is 1. The maximum Gasteiger partial charge on any atom is 0.230 e. The SMILES string of the molecule is CCN(Cc1cccc(C)n1)C(=O)C/C(N)=N/O. The average molecular weight is 250 g/mol. The van der Waals surface area contributed by atoms with Crippen molar-refractivity contribution in [3.05, 3.63) is 29.6 Å². The van der Waals surface area contributed by atoms with Gasteiger partial charge in [0.05, 0.1) is 18.7 Å². The molecule has 0 aliphatic heterocycles. The Kier molecular flexibility index (Phi) is 5.10. The first-order valence-corrected chi connectivity index (χ1v) is 5.73. The highest BCUT2D eigenvalue weighted by atomic mass is 16.4. The summed E-state index contributed by atoms with van der Waals surface area (Å²) in [5, 5.41) is 11.2. The molecule has 0 unspecified atom stereocenters. The Morgan fingerprint density at radius 2 is 2.28 bits per heavy atom. The molecular weight excluding hydrogens is 232 g/mol. The summed E-state index contributed by atoms with van der Waals surface area (Å²) in [4.78, 5) is 17.8. The maximum atomic E-state index is 11.9. The molecule has 6 heteroatoms. The van der Waals surface area contributed by atoms with Crippen LogP contribution in [0.4, 0.5) is 0 Å². The fourth-order valence-electron chi connectivity index (χ4n) is 1.56. The quantitative estimate of drug-likeness (QED) is 0.351. The summed E-state index contributed by atoms with van der Waals surface area (Å²) in [6.07, 6.45) is -0.0871. The summed E-state index contributed by atoms with van der Waals surface area (Å²) in [6, 6.07) is 5.67. The number of nitrogens with two attached hydrogens (primary N) is 1. The van der Waals surface area contributed by atoms with Crippen LogP contribution in [0.15, 0.2) is 23.4 Å². The third-order valence-electron chi connectivity index (χ3n) is 2.49. The number of hydrogen-bond donors (Lipinski definition) is 2. The van der Waals surface area contributed by atoms with Gasteiger partial charge in [-0.1, -0.05) is 11.2 Å². The monoisotopic (exact) mass is 250 g/mol. The zero-order valence-electron chi connectivity index (χ0n) is 10.6. The van der Waals surface area contributed by atoms with Crippen molar-refractivity contribution < 1.29 is 10.0 Å². The summed E-state index contributed by atoms with van der Waals surface area (Å²) in [7, 11) is 0. The molecule has 3 N–H and O–H groups in total. The first kappa shape index (κ1) is 14.0. The lowest BCUT2D eigenvalue weighted by Crippen LogP contribution is -2.33. The van der Waals surface area contributed by atoms with Crippen LogP contribution in [-0.4, -0.2) is 33.4 Å². The highest BCUT2D eigenvalue weighted by Gasteiger charge is 2.14. The van der Waals surface area contributed by atoms with Crippen LogP contribution in [0.5, 0.6) is 0 Å². The van der Waals surface area contributed by atoms with E-state index in [1.54, 1.807) is 4.90 Å². The molecule has 1 aromatic rings. The number of nitrogens with zero attached hydrogens (tertiary/aromatic N) is 3. The van der Waals surface area contributed by atoms with Crippen molar-refractivity contribution in [2.24, 2.45) is 10.9 Å². The smallest absolute Gasteiger partial charge is 0.230 e. The number of hydrogen-bond acceptors (Lipinski definition) is 4. The van der Waals surface area contributed by atoms with Crippen LogP contribution in [0.2, 0.25) is 0 Å². The second-order valence-electron chi connectivity index (χ2n) is 3.95. The van der Waals surface area contributed by atoms with E-state index in [9.17, 15) is 4.79 Å². The largest absolute Gasteiger partial charge is 0.409 e. The number of carbonyl (C=O) groups excluding carboxylic acids is 1. The normalized spacial score (nSPS) is 11.3. The van der Waals surface area contributed by atoms with Gasteiger partial charge in [-0.15, -0.1) is 0 Å². The molecule has 0 saturated carbocycles. The highest BCUT2D eigenvalue weighted by Crippen LogP contribution is 2.05. The van der Waals surface area contributed by atoms with Gasteiger partial charge in [-0.3, -0.25) is 9.78 Å². The lowest BCUT2D eigenvalue weighted by molar-refractivity contribution is -0.130. The molecular formula is C12H18N4O2. The minimum atomic E-state index is -0.184. The van der Waals surface area contributed by atoms with Crippen LogP contribution < -0.4 is 5.73 Å². The number of amidine groups is 1. The van der Waals surface area contributed by atoms with Gasteiger partial charge in [-0.25, -0.2) is 0 Å². The zero-order chi connectivity index (χ0) is 13.5. The standard InChI is InChI=1S/C12H18N4O2/c1-3-16(12(17)7-11(13)15-18)8-10-6-4-5-9(2)14-10/h4-6,18H,3,7-8H2,1-2H3,(H2,13,15). The summed E-state index contributed by atoms with van der Waals surface area (Å²) < 4.78 is 0. The highest BCUT2D eigenvalue weighted by molar-refractivity contribution is 5.98. The molecule has 1 heterocycles. The van der Waals surface area contributed by atoms with E-state index in [-0.39, 0.29) is 18.2 Å². The van der Waals surface area contributed by atoms with Gasteiger partial charge in [0.2, 0.25) is 5.91 Å². The van der Waals surface area contributed by atoms with E-state index in [0.29, 0.717) is 13.1 Å². The summed E-state index contributed by atoms with van der Waals surface area (Å²) in [5.41, 5.74) is 7.05. The topological polar surface area (TPSA) is 91.8 Å². The van der Waals surface area contributed by atoms with Crippen LogP contribution in [0.3, 0.4) is 0 Å². The Morgan fingerprint density at radius 3 is 2.83 bits per heavy atom. The summed E-state index contributed by atoms with van der Waals surface area (Å²) in [6.45, 7) is 4.75. The fraction of sp³-hybridized carbons (Fsp3) is 0.417. The minimum Gasteiger partial charge on any atom is -0.409 e. The van der Waals surface area contributed by atoms with E-state index in [1.165, 1.54) is 0 Å². The first-order chi connectivity index (χ1) is 8.56. The molecule has 1 aromatic heterocycles. The molecule has 0 bridgehead atoms. The second kappa shape index (κ2) is 6.58. The molecule has 0 fully saturated rings. The summed E-state index contributed by atoms with van der Waals surface area (Å²) in [5.74, 6) is -0.272. The molecule has 6 nitrogen and oxygen atoms in total. The van der Waals surface area contributed by atoms with Crippen molar-refractivity contribution in [2.45, 2.75) is 26.8 Å². The molecule has 98 valence electrons. The van der Waals surface area contributed by atoms with Crippen molar-refractivity contribution >= 4 is 11.7 Å². The number of carbonyl (C=O) groups is 1. The van der Waals surface area contributed by atoms with Crippen molar-refractivity contribution in [3.8, 4) is 0 Å². The van der Waals surface area contributed by atoms with Crippen LogP contribution in [0.1, 0.15) is 24.7 Å². The molecule has 0 radical (unpaired) electrons. The van der Waals surface area contributed by atoms with E-state index < -0.39 is 0 Å². The minimum absolute atomic E-state index is 0.0871. The second-order valence-corrected chi connectivity index (χ2v) is 3.95. The van der Waals surface area contributed by atoms with Crippen LogP contribution in [0, 0.1) is 6.92 Å².